The van der Waals surface area contributed by atoms with Crippen molar-refractivity contribution in [3.63, 3.8) is 0 Å². The molecule has 0 bridgehead atoms. The fourth-order valence-electron chi connectivity index (χ4n) is 2.35. The van der Waals surface area contributed by atoms with Crippen LogP contribution in [0.25, 0.3) is 10.9 Å². The summed E-state index contributed by atoms with van der Waals surface area (Å²) in [5.74, 6) is -0.968. The molecule has 26 heavy (non-hydrogen) atoms. The summed E-state index contributed by atoms with van der Waals surface area (Å²) in [6.07, 6.45) is -4.79. The van der Waals surface area contributed by atoms with E-state index in [4.69, 9.17) is 0 Å². The molecule has 0 aliphatic rings. The van der Waals surface area contributed by atoms with E-state index in [9.17, 15) is 22.8 Å². The minimum Gasteiger partial charge on any atom is -0.406 e. The minimum atomic E-state index is -4.79. The van der Waals surface area contributed by atoms with E-state index < -0.39 is 23.6 Å². The number of amides is 1. The molecule has 3 rings (SSSR count). The average molecular weight is 427 g/mol. The Morgan fingerprint density at radius 3 is 2.42 bits per heavy atom. The first-order chi connectivity index (χ1) is 12.2. The number of H-pyrrole nitrogens is 1. The van der Waals surface area contributed by atoms with Crippen LogP contribution in [0.5, 0.6) is 5.75 Å². The molecule has 0 atom stereocenters. The van der Waals surface area contributed by atoms with Gasteiger partial charge in [-0.3, -0.25) is 9.59 Å². The van der Waals surface area contributed by atoms with Crippen molar-refractivity contribution in [3.05, 3.63) is 68.9 Å². The van der Waals surface area contributed by atoms with E-state index in [1.54, 1.807) is 18.2 Å². The maximum Gasteiger partial charge on any atom is 0.573 e. The van der Waals surface area contributed by atoms with E-state index in [1.165, 1.54) is 12.1 Å². The normalized spacial score (nSPS) is 11.4. The van der Waals surface area contributed by atoms with E-state index in [0.717, 1.165) is 22.7 Å². The maximum atomic E-state index is 12.5. The van der Waals surface area contributed by atoms with Gasteiger partial charge in [-0.25, -0.2) is 0 Å². The first kappa shape index (κ1) is 18.0. The molecule has 5 nitrogen and oxygen atoms in total. The zero-order valence-electron chi connectivity index (χ0n) is 12.9. The van der Waals surface area contributed by atoms with Crippen LogP contribution < -0.4 is 15.6 Å². The second-order valence-corrected chi connectivity index (χ2v) is 6.18. The number of fused-ring (bicyclic) bond motifs is 1. The Labute approximate surface area is 152 Å². The number of aromatic nitrogens is 1. The van der Waals surface area contributed by atoms with E-state index in [1.807, 2.05) is 0 Å². The smallest absolute Gasteiger partial charge is 0.406 e. The molecule has 0 saturated heterocycles. The van der Waals surface area contributed by atoms with Gasteiger partial charge in [0.15, 0.2) is 0 Å². The topological polar surface area (TPSA) is 71.2 Å². The first-order valence-electron chi connectivity index (χ1n) is 7.21. The van der Waals surface area contributed by atoms with E-state index >= 15 is 0 Å². The Hall–Kier alpha value is -2.81. The van der Waals surface area contributed by atoms with E-state index in [2.05, 4.69) is 31.0 Å². The van der Waals surface area contributed by atoms with E-state index in [-0.39, 0.29) is 11.3 Å². The van der Waals surface area contributed by atoms with Gasteiger partial charge in [-0.05, 0) is 42.5 Å². The zero-order valence-corrected chi connectivity index (χ0v) is 14.4. The third-order valence-corrected chi connectivity index (χ3v) is 3.89. The fourth-order valence-corrected chi connectivity index (χ4v) is 2.71. The van der Waals surface area contributed by atoms with Gasteiger partial charge in [0.1, 0.15) is 5.75 Å². The Bertz CT molecular complexity index is 1030. The molecule has 9 heteroatoms. The predicted molar refractivity (Wildman–Crippen MR) is 93.3 cm³/mol. The summed E-state index contributed by atoms with van der Waals surface area (Å²) in [7, 11) is 0. The fraction of sp³-hybridized carbons (Fsp3) is 0.0588. The van der Waals surface area contributed by atoms with Crippen LogP contribution in [0.1, 0.15) is 10.4 Å². The quantitative estimate of drug-likeness (QED) is 0.650. The lowest BCUT2D eigenvalue weighted by atomic mass is 10.1. The first-order valence-corrected chi connectivity index (χ1v) is 8.00. The van der Waals surface area contributed by atoms with Gasteiger partial charge in [0.2, 0.25) is 5.56 Å². The number of carbonyl (C=O) groups excluding carboxylic acids is 1. The molecule has 0 saturated carbocycles. The molecule has 0 aliphatic carbocycles. The molecular weight excluding hydrogens is 417 g/mol. The van der Waals surface area contributed by atoms with Gasteiger partial charge >= 0.3 is 6.36 Å². The molecule has 0 fully saturated rings. The predicted octanol–water partition coefficient (Wildman–Crippen LogP) is 4.44. The molecule has 2 N–H and O–H groups in total. The standard InChI is InChI=1S/C17H10BrF3N2O3/c18-9-1-6-14-12(7-9)13(8-15(24)23-14)16(25)22-10-2-4-11(5-3-10)26-17(19,20)21/h1-8H,(H,22,25)(H,23,24). The van der Waals surface area contributed by atoms with Crippen LogP contribution in [0.4, 0.5) is 18.9 Å². The third kappa shape index (κ3) is 4.23. The number of pyridine rings is 1. The molecule has 0 aliphatic heterocycles. The minimum absolute atomic E-state index is 0.140. The molecule has 0 unspecified atom stereocenters. The highest BCUT2D eigenvalue weighted by atomic mass is 79.9. The van der Waals surface area contributed by atoms with Gasteiger partial charge in [0.05, 0.1) is 5.56 Å². The Kier molecular flexibility index (Phi) is 4.73. The van der Waals surface area contributed by atoms with Gasteiger partial charge in [-0.15, -0.1) is 13.2 Å². The second kappa shape index (κ2) is 6.83. The Morgan fingerprint density at radius 1 is 1.08 bits per heavy atom. The van der Waals surface area contributed by atoms with E-state index in [0.29, 0.717) is 10.9 Å². The molecule has 1 aromatic heterocycles. The van der Waals surface area contributed by atoms with Gasteiger partial charge in [0, 0.05) is 27.1 Å². The van der Waals surface area contributed by atoms with Crippen molar-refractivity contribution >= 4 is 38.4 Å². The number of alkyl halides is 3. The van der Waals surface area contributed by atoms with Crippen LogP contribution in [0.15, 0.2) is 57.8 Å². The zero-order chi connectivity index (χ0) is 18.9. The molecule has 0 spiro atoms. The number of halogens is 4. The molecule has 1 amide bonds. The Balaban J connectivity index is 1.88. The van der Waals surface area contributed by atoms with Crippen molar-refractivity contribution in [3.8, 4) is 5.75 Å². The van der Waals surface area contributed by atoms with Gasteiger partial charge in [-0.1, -0.05) is 15.9 Å². The molecule has 0 radical (unpaired) electrons. The third-order valence-electron chi connectivity index (χ3n) is 3.40. The monoisotopic (exact) mass is 426 g/mol. The maximum absolute atomic E-state index is 12.5. The lowest BCUT2D eigenvalue weighted by Gasteiger charge is -2.11. The second-order valence-electron chi connectivity index (χ2n) is 5.26. The van der Waals surface area contributed by atoms with Gasteiger partial charge in [-0.2, -0.15) is 0 Å². The van der Waals surface area contributed by atoms with Crippen molar-refractivity contribution in [2.75, 3.05) is 5.32 Å². The summed E-state index contributed by atoms with van der Waals surface area (Å²) in [6.45, 7) is 0. The summed E-state index contributed by atoms with van der Waals surface area (Å²) in [5.41, 5.74) is 0.437. The highest BCUT2D eigenvalue weighted by Gasteiger charge is 2.31. The van der Waals surface area contributed by atoms with Crippen LogP contribution >= 0.6 is 15.9 Å². The van der Waals surface area contributed by atoms with Gasteiger partial charge < -0.3 is 15.0 Å². The highest BCUT2D eigenvalue weighted by molar-refractivity contribution is 9.10. The lowest BCUT2D eigenvalue weighted by molar-refractivity contribution is -0.274. The summed E-state index contributed by atoms with van der Waals surface area (Å²) in [6, 6.07) is 10.9. The largest absolute Gasteiger partial charge is 0.573 e. The number of benzene rings is 2. The summed E-state index contributed by atoms with van der Waals surface area (Å²) in [5, 5.41) is 3.07. The summed E-state index contributed by atoms with van der Waals surface area (Å²) in [4.78, 5) is 26.9. The van der Waals surface area contributed by atoms with Crippen LogP contribution in [-0.4, -0.2) is 17.3 Å². The highest BCUT2D eigenvalue weighted by Crippen LogP contribution is 2.25. The summed E-state index contributed by atoms with van der Waals surface area (Å²) >= 11 is 3.30. The molecular formula is C17H10BrF3N2O3. The number of carbonyl (C=O) groups is 1. The molecule has 3 aromatic rings. The van der Waals surface area contributed by atoms with Crippen molar-refractivity contribution in [1.29, 1.82) is 0 Å². The molecule has 2 aromatic carbocycles. The number of nitrogens with one attached hydrogen (secondary N) is 2. The van der Waals surface area contributed by atoms with Gasteiger partial charge in [0.25, 0.3) is 5.91 Å². The van der Waals surface area contributed by atoms with Crippen molar-refractivity contribution in [2.24, 2.45) is 0 Å². The van der Waals surface area contributed by atoms with Crippen LogP contribution in [0.2, 0.25) is 0 Å². The number of hydrogen-bond acceptors (Lipinski definition) is 3. The number of aromatic amines is 1. The van der Waals surface area contributed by atoms with Crippen LogP contribution in [0, 0.1) is 0 Å². The number of hydrogen-bond donors (Lipinski definition) is 2. The lowest BCUT2D eigenvalue weighted by Crippen LogP contribution is -2.18. The SMILES string of the molecule is O=C(Nc1ccc(OC(F)(F)F)cc1)c1cc(=O)[nH]c2ccc(Br)cc12. The van der Waals surface area contributed by atoms with Crippen LogP contribution in [0.3, 0.4) is 0 Å². The van der Waals surface area contributed by atoms with Crippen molar-refractivity contribution in [1.82, 2.24) is 4.98 Å². The number of ether oxygens (including phenoxy) is 1. The number of anilines is 1. The van der Waals surface area contributed by atoms with Crippen molar-refractivity contribution in [2.45, 2.75) is 6.36 Å². The van der Waals surface area contributed by atoms with Crippen LogP contribution in [-0.2, 0) is 0 Å². The average Bonchev–Trinajstić information content (AvgIpc) is 2.55. The number of rotatable bonds is 3. The van der Waals surface area contributed by atoms with Crippen molar-refractivity contribution < 1.29 is 22.7 Å². The molecule has 134 valence electrons. The molecule has 1 heterocycles. The summed E-state index contributed by atoms with van der Waals surface area (Å²) < 4.78 is 41.0. The Morgan fingerprint density at radius 2 is 1.77 bits per heavy atom.